The topological polar surface area (TPSA) is 12.0 Å². The molecule has 15 heavy (non-hydrogen) atoms. The number of allylic oxidation sites excluding steroid dienone is 1. The summed E-state index contributed by atoms with van der Waals surface area (Å²) in [5, 5.41) is 0. The van der Waals surface area contributed by atoms with Crippen molar-refractivity contribution in [3.05, 3.63) is 47.5 Å². The maximum atomic E-state index is 4.08. The van der Waals surface area contributed by atoms with Crippen LogP contribution in [0.2, 0.25) is 0 Å². The lowest BCUT2D eigenvalue weighted by molar-refractivity contribution is 1.31. The Bertz CT molecular complexity index is 380. The molecule has 80 valence electrons. The van der Waals surface area contributed by atoms with E-state index in [1.807, 2.05) is 14.0 Å². The summed E-state index contributed by atoms with van der Waals surface area (Å²) < 4.78 is 3.06. The molecule has 0 amide bonds. The minimum atomic E-state index is 1.06. The largest absolute Gasteiger partial charge is 0.263 e. The van der Waals surface area contributed by atoms with Crippen molar-refractivity contribution < 1.29 is 0 Å². The summed E-state index contributed by atoms with van der Waals surface area (Å²) in [6, 6.07) is 6.30. The molecule has 0 fully saturated rings. The van der Waals surface area contributed by atoms with Crippen molar-refractivity contribution >= 4 is 22.9 Å². The highest BCUT2D eigenvalue weighted by atomic mass is 32.2. The highest BCUT2D eigenvalue weighted by Crippen LogP contribution is 2.29. The van der Waals surface area contributed by atoms with Gasteiger partial charge in [0.2, 0.25) is 0 Å². The van der Waals surface area contributed by atoms with E-state index in [0.29, 0.717) is 0 Å². The predicted octanol–water partition coefficient (Wildman–Crippen LogP) is 3.87. The Balaban J connectivity index is 3.18. The average molecular weight is 219 g/mol. The molecule has 1 N–H and O–H groups in total. The van der Waals surface area contributed by atoms with Gasteiger partial charge in [-0.1, -0.05) is 36.9 Å². The molecule has 2 heteroatoms. The quantitative estimate of drug-likeness (QED) is 0.772. The van der Waals surface area contributed by atoms with Gasteiger partial charge >= 0.3 is 0 Å². The molecule has 0 radical (unpaired) electrons. The van der Waals surface area contributed by atoms with Crippen LogP contribution in [-0.4, -0.2) is 7.05 Å². The van der Waals surface area contributed by atoms with E-state index in [0.717, 1.165) is 4.91 Å². The van der Waals surface area contributed by atoms with Crippen molar-refractivity contribution in [3.8, 4) is 0 Å². The second-order valence-corrected chi connectivity index (χ2v) is 4.37. The van der Waals surface area contributed by atoms with Crippen molar-refractivity contribution in [3.63, 3.8) is 0 Å². The van der Waals surface area contributed by atoms with Crippen LogP contribution >= 0.6 is 11.9 Å². The molecular weight excluding hydrogens is 202 g/mol. The van der Waals surface area contributed by atoms with E-state index < -0.39 is 0 Å². The third-order valence-electron chi connectivity index (χ3n) is 2.16. The van der Waals surface area contributed by atoms with Crippen molar-refractivity contribution in [2.75, 3.05) is 7.05 Å². The molecule has 0 bridgehead atoms. The lowest BCUT2D eigenvalue weighted by Gasteiger charge is -2.11. The van der Waals surface area contributed by atoms with Crippen molar-refractivity contribution in [2.24, 2.45) is 0 Å². The fourth-order valence-electron chi connectivity index (χ4n) is 1.56. The van der Waals surface area contributed by atoms with E-state index in [-0.39, 0.29) is 0 Å². The Kier molecular flexibility index (Phi) is 4.66. The van der Waals surface area contributed by atoms with Gasteiger partial charge in [-0.15, -0.1) is 0 Å². The molecule has 0 aliphatic carbocycles. The van der Waals surface area contributed by atoms with E-state index in [2.05, 4.69) is 48.6 Å². The molecule has 1 rings (SSSR count). The zero-order valence-corrected chi connectivity index (χ0v) is 10.3. The van der Waals surface area contributed by atoms with Gasteiger partial charge in [-0.05, 0) is 49.5 Å². The van der Waals surface area contributed by atoms with Crippen LogP contribution in [0.5, 0.6) is 0 Å². The van der Waals surface area contributed by atoms with Gasteiger partial charge in [-0.2, -0.15) is 0 Å². The van der Waals surface area contributed by atoms with Crippen molar-refractivity contribution in [1.29, 1.82) is 0 Å². The van der Waals surface area contributed by atoms with Gasteiger partial charge < -0.3 is 0 Å². The van der Waals surface area contributed by atoms with Crippen molar-refractivity contribution in [2.45, 2.75) is 13.8 Å². The van der Waals surface area contributed by atoms with Gasteiger partial charge in [0.1, 0.15) is 0 Å². The Hall–Kier alpha value is -0.990. The van der Waals surface area contributed by atoms with Gasteiger partial charge in [0.25, 0.3) is 0 Å². The first-order chi connectivity index (χ1) is 7.20. The molecule has 0 saturated heterocycles. The summed E-state index contributed by atoms with van der Waals surface area (Å²) in [6.45, 7) is 8.23. The van der Waals surface area contributed by atoms with Gasteiger partial charge in [0.05, 0.1) is 0 Å². The molecule has 0 atom stereocenters. The maximum absolute atomic E-state index is 4.08. The monoisotopic (exact) mass is 219 g/mol. The number of hydrogen-bond donors (Lipinski definition) is 1. The minimum absolute atomic E-state index is 1.06. The second-order valence-electron chi connectivity index (χ2n) is 3.27. The Labute approximate surface area is 96.4 Å². The first-order valence-electron chi connectivity index (χ1n) is 4.96. The molecule has 0 aliphatic rings. The Morgan fingerprint density at radius 3 is 2.80 bits per heavy atom. The van der Waals surface area contributed by atoms with Crippen LogP contribution in [0.1, 0.15) is 23.6 Å². The zero-order valence-electron chi connectivity index (χ0n) is 9.50. The predicted molar refractivity (Wildman–Crippen MR) is 71.6 cm³/mol. The van der Waals surface area contributed by atoms with Crippen LogP contribution < -0.4 is 4.72 Å². The summed E-state index contributed by atoms with van der Waals surface area (Å²) >= 11 is 1.56. The number of benzene rings is 1. The van der Waals surface area contributed by atoms with E-state index in [1.165, 1.54) is 16.7 Å². The maximum Gasteiger partial charge on any atom is 0.0237 e. The van der Waals surface area contributed by atoms with E-state index >= 15 is 0 Å². The lowest BCUT2D eigenvalue weighted by Crippen LogP contribution is -1.95. The molecule has 1 aromatic carbocycles. The second kappa shape index (κ2) is 5.79. The molecule has 0 heterocycles. The smallest absolute Gasteiger partial charge is 0.0237 e. The summed E-state index contributed by atoms with van der Waals surface area (Å²) in [4.78, 5) is 1.06. The van der Waals surface area contributed by atoms with Crippen LogP contribution in [0.15, 0.2) is 30.9 Å². The molecule has 0 unspecified atom stereocenters. The number of aryl methyl sites for hydroxylation is 1. The van der Waals surface area contributed by atoms with Gasteiger partial charge in [-0.3, -0.25) is 4.72 Å². The molecule has 0 saturated carbocycles. The summed E-state index contributed by atoms with van der Waals surface area (Å²) in [7, 11) is 1.91. The highest BCUT2D eigenvalue weighted by Gasteiger charge is 2.06. The number of hydrogen-bond acceptors (Lipinski definition) is 2. The van der Waals surface area contributed by atoms with E-state index in [4.69, 9.17) is 0 Å². The first kappa shape index (κ1) is 12.1. The average Bonchev–Trinajstić information content (AvgIpc) is 2.18. The minimum Gasteiger partial charge on any atom is -0.263 e. The van der Waals surface area contributed by atoms with Crippen LogP contribution in [0.3, 0.4) is 0 Å². The van der Waals surface area contributed by atoms with Crippen molar-refractivity contribution in [1.82, 2.24) is 4.72 Å². The summed E-state index contributed by atoms with van der Waals surface area (Å²) in [5.41, 5.74) is 3.72. The van der Waals surface area contributed by atoms with Crippen LogP contribution in [0, 0.1) is 6.92 Å². The van der Waals surface area contributed by atoms with Gasteiger partial charge in [-0.25, -0.2) is 0 Å². The first-order valence-corrected chi connectivity index (χ1v) is 5.77. The Morgan fingerprint density at radius 1 is 1.47 bits per heavy atom. The van der Waals surface area contributed by atoms with E-state index in [1.54, 1.807) is 11.9 Å². The molecular formula is C13H17NS. The molecule has 0 spiro atoms. The van der Waals surface area contributed by atoms with E-state index in [9.17, 15) is 0 Å². The highest BCUT2D eigenvalue weighted by molar-refractivity contribution is 8.06. The summed E-state index contributed by atoms with van der Waals surface area (Å²) in [6.07, 6.45) is 4.17. The fourth-order valence-corrected chi connectivity index (χ4v) is 2.19. The number of nitrogens with one attached hydrogen (secondary N) is 1. The van der Waals surface area contributed by atoms with Crippen LogP contribution in [0.4, 0.5) is 0 Å². The lowest BCUT2D eigenvalue weighted by atomic mass is 10.0. The molecule has 1 aromatic rings. The van der Waals surface area contributed by atoms with Crippen LogP contribution in [-0.2, 0) is 0 Å². The molecule has 1 nitrogen and oxygen atoms in total. The standard InChI is InChI=1S/C13H17NS/c1-5-7-12-9-6-8-10(2)13(12)11(3)15-14-4/h5-9,14H,3H2,1-2,4H3/b7-5-. The van der Waals surface area contributed by atoms with Gasteiger partial charge in [0, 0.05) is 4.91 Å². The van der Waals surface area contributed by atoms with Gasteiger partial charge in [0.15, 0.2) is 0 Å². The normalized spacial score (nSPS) is 10.9. The third kappa shape index (κ3) is 2.98. The third-order valence-corrected chi connectivity index (χ3v) is 2.81. The molecule has 0 aliphatic heterocycles. The Morgan fingerprint density at radius 2 is 2.20 bits per heavy atom. The van der Waals surface area contributed by atoms with Crippen LogP contribution in [0.25, 0.3) is 11.0 Å². The summed E-state index contributed by atoms with van der Waals surface area (Å²) in [5.74, 6) is 0. The fraction of sp³-hybridized carbons (Fsp3) is 0.231. The SMILES string of the molecule is C=C(SNC)c1c(C)cccc1/C=C\C. The number of rotatable bonds is 4. The molecule has 0 aromatic heterocycles. The zero-order chi connectivity index (χ0) is 11.3.